The molecule has 0 amide bonds. The van der Waals surface area contributed by atoms with Crippen molar-refractivity contribution in [1.82, 2.24) is 0 Å². The highest BCUT2D eigenvalue weighted by atomic mass is 35.5. The predicted molar refractivity (Wildman–Crippen MR) is 64.1 cm³/mol. The lowest BCUT2D eigenvalue weighted by Gasteiger charge is -2.07. The summed E-state index contributed by atoms with van der Waals surface area (Å²) in [7, 11) is 0. The Kier molecular flexibility index (Phi) is 7.95. The van der Waals surface area contributed by atoms with Crippen LogP contribution in [0.1, 0.15) is 0 Å². The molecule has 0 bridgehead atoms. The molecule has 0 aromatic heterocycles. The van der Waals surface area contributed by atoms with Crippen LogP contribution in [0.4, 0.5) is 11.4 Å². The fourth-order valence-corrected chi connectivity index (χ4v) is 1.34. The Morgan fingerprint density at radius 3 is 1.26 bits per heavy atom. The van der Waals surface area contributed by atoms with Crippen molar-refractivity contribution in [3.63, 3.8) is 0 Å². The third-order valence-corrected chi connectivity index (χ3v) is 2.30. The van der Waals surface area contributed by atoms with Gasteiger partial charge >= 0.3 is 0 Å². The van der Waals surface area contributed by atoms with Gasteiger partial charge in [-0.2, -0.15) is 0 Å². The van der Waals surface area contributed by atoms with Crippen LogP contribution in [0.2, 0.25) is 0 Å². The van der Waals surface area contributed by atoms with E-state index in [1.54, 1.807) is 0 Å². The lowest BCUT2D eigenvalue weighted by molar-refractivity contribution is -0.255. The van der Waals surface area contributed by atoms with Gasteiger partial charge in [-0.3, -0.25) is 0 Å². The Hall–Kier alpha value is -1.46. The number of halogens is 2. The van der Waals surface area contributed by atoms with Crippen LogP contribution in [-0.4, -0.2) is 6.79 Å². The topological polar surface area (TPSA) is 73.7 Å². The van der Waals surface area contributed by atoms with E-state index in [9.17, 15) is 0 Å². The lowest BCUT2D eigenvalue weighted by atomic mass is 10.3. The largest absolute Gasteiger partial charge is 1.00 e. The van der Waals surface area contributed by atoms with Crippen molar-refractivity contribution in [1.29, 1.82) is 0 Å². The number of hydrogen-bond acceptors (Lipinski definition) is 2. The summed E-state index contributed by atoms with van der Waals surface area (Å²) >= 11 is 0. The fourth-order valence-electron chi connectivity index (χ4n) is 1.34. The molecule has 0 aliphatic carbocycles. The van der Waals surface area contributed by atoms with Gasteiger partial charge in [0.05, 0.1) is 0 Å². The van der Waals surface area contributed by atoms with Gasteiger partial charge in [-0.05, 0) is 24.3 Å². The van der Waals surface area contributed by atoms with Crippen LogP contribution < -0.4 is 45.8 Å². The first kappa shape index (κ1) is 17.5. The van der Waals surface area contributed by atoms with Crippen LogP contribution in [0.5, 0.6) is 11.5 Å². The summed E-state index contributed by atoms with van der Waals surface area (Å²) < 4.78 is 10.9. The van der Waals surface area contributed by atoms with Gasteiger partial charge in [0, 0.05) is 24.3 Å². The average Bonchev–Trinajstić information content (AvgIpc) is 2.34. The molecule has 0 aliphatic heterocycles. The van der Waals surface area contributed by atoms with E-state index in [1.807, 2.05) is 48.5 Å². The second kappa shape index (κ2) is 8.61. The summed E-state index contributed by atoms with van der Waals surface area (Å²) in [5.41, 5.74) is 9.53. The Morgan fingerprint density at radius 2 is 0.947 bits per heavy atom. The maximum atomic E-state index is 5.43. The molecule has 19 heavy (non-hydrogen) atoms. The molecule has 2 aromatic rings. The minimum Gasteiger partial charge on any atom is -1.00 e. The molecule has 0 aliphatic rings. The minimum atomic E-state index is 0. The number of quaternary nitrogens is 2. The molecule has 0 radical (unpaired) electrons. The quantitative estimate of drug-likeness (QED) is 0.555. The zero-order valence-electron chi connectivity index (χ0n) is 10.3. The summed E-state index contributed by atoms with van der Waals surface area (Å²) in [5.74, 6) is 1.54. The second-order valence-electron chi connectivity index (χ2n) is 3.69. The maximum absolute atomic E-state index is 5.43. The Bertz CT molecular complexity index is 430. The molecule has 0 heterocycles. The lowest BCUT2D eigenvalue weighted by Crippen LogP contribution is -3.00. The molecule has 0 atom stereocenters. The van der Waals surface area contributed by atoms with E-state index in [-0.39, 0.29) is 31.6 Å². The zero-order valence-corrected chi connectivity index (χ0v) is 11.8. The summed E-state index contributed by atoms with van der Waals surface area (Å²) in [6.07, 6.45) is 0. The van der Waals surface area contributed by atoms with Gasteiger partial charge in [-0.25, -0.2) is 0 Å². The molecule has 2 rings (SSSR count). The number of benzene rings is 2. The van der Waals surface area contributed by atoms with Gasteiger partial charge in [0.25, 0.3) is 0 Å². The third kappa shape index (κ3) is 5.81. The molecular formula is C13H16Cl2N2O2. The third-order valence-electron chi connectivity index (χ3n) is 2.30. The number of hydrogen-bond donors (Lipinski definition) is 2. The monoisotopic (exact) mass is 302 g/mol. The highest BCUT2D eigenvalue weighted by Gasteiger charge is 1.97. The van der Waals surface area contributed by atoms with E-state index in [1.165, 1.54) is 0 Å². The highest BCUT2D eigenvalue weighted by molar-refractivity contribution is 5.35. The molecule has 0 saturated heterocycles. The van der Waals surface area contributed by atoms with E-state index >= 15 is 0 Å². The summed E-state index contributed by atoms with van der Waals surface area (Å²) in [6, 6.07) is 15.0. The predicted octanol–water partition coefficient (Wildman–Crippen LogP) is -5.14. The van der Waals surface area contributed by atoms with Crippen molar-refractivity contribution in [2.75, 3.05) is 6.79 Å². The van der Waals surface area contributed by atoms with E-state index in [4.69, 9.17) is 9.47 Å². The molecular weight excluding hydrogens is 287 g/mol. The fraction of sp³-hybridized carbons (Fsp3) is 0.0769. The Morgan fingerprint density at radius 1 is 0.632 bits per heavy atom. The first-order valence-electron chi connectivity index (χ1n) is 5.34. The Balaban J connectivity index is 0.00000162. The van der Waals surface area contributed by atoms with Crippen molar-refractivity contribution in [3.05, 3.63) is 48.5 Å². The zero-order chi connectivity index (χ0) is 12.1. The van der Waals surface area contributed by atoms with Crippen LogP contribution >= 0.6 is 0 Å². The molecule has 0 saturated carbocycles. The van der Waals surface area contributed by atoms with E-state index in [2.05, 4.69) is 11.5 Å². The van der Waals surface area contributed by atoms with Gasteiger partial charge in [-0.1, -0.05) is 0 Å². The molecule has 6 N–H and O–H groups in total. The van der Waals surface area contributed by atoms with Gasteiger partial charge in [0.15, 0.2) is 0 Å². The van der Waals surface area contributed by atoms with Crippen LogP contribution in [-0.2, 0) is 0 Å². The van der Waals surface area contributed by atoms with Crippen molar-refractivity contribution in [2.45, 2.75) is 0 Å². The average molecular weight is 303 g/mol. The van der Waals surface area contributed by atoms with Crippen molar-refractivity contribution >= 4 is 11.4 Å². The van der Waals surface area contributed by atoms with Crippen molar-refractivity contribution in [3.8, 4) is 11.5 Å². The van der Waals surface area contributed by atoms with Crippen LogP contribution in [0, 0.1) is 0 Å². The molecule has 2 aromatic carbocycles. The van der Waals surface area contributed by atoms with Gasteiger partial charge < -0.3 is 45.8 Å². The normalized spacial score (nSPS) is 8.95. The first-order valence-corrected chi connectivity index (χ1v) is 5.34. The molecule has 0 unspecified atom stereocenters. The van der Waals surface area contributed by atoms with Crippen LogP contribution in [0.15, 0.2) is 48.5 Å². The van der Waals surface area contributed by atoms with Gasteiger partial charge in [0.2, 0.25) is 6.79 Å². The van der Waals surface area contributed by atoms with Gasteiger partial charge in [0.1, 0.15) is 22.9 Å². The number of ether oxygens (including phenoxy) is 2. The van der Waals surface area contributed by atoms with Gasteiger partial charge in [-0.15, -0.1) is 0 Å². The summed E-state index contributed by atoms with van der Waals surface area (Å²) in [5, 5.41) is 0. The molecule has 104 valence electrons. The minimum absolute atomic E-state index is 0. The number of rotatable bonds is 4. The molecule has 6 heteroatoms. The molecule has 4 nitrogen and oxygen atoms in total. The summed E-state index contributed by atoms with van der Waals surface area (Å²) in [6.45, 7) is 0.187. The van der Waals surface area contributed by atoms with E-state index in [0.717, 1.165) is 22.9 Å². The second-order valence-corrected chi connectivity index (χ2v) is 3.69. The SMILES string of the molecule is [Cl-].[Cl-].[NH3+]c1ccc(OCOc2ccc([NH3+])cc2)cc1. The highest BCUT2D eigenvalue weighted by Crippen LogP contribution is 2.14. The molecule has 0 fully saturated rings. The Labute approximate surface area is 124 Å². The molecule has 0 spiro atoms. The maximum Gasteiger partial charge on any atom is 0.230 e. The standard InChI is InChI=1S/C13H14N2O2.2ClH/c14-10-1-5-12(6-2-10)16-9-17-13-7-3-11(15)4-8-13;;/h1-8H,9,14-15H2;2*1H. The van der Waals surface area contributed by atoms with Crippen LogP contribution in [0.25, 0.3) is 0 Å². The van der Waals surface area contributed by atoms with E-state index < -0.39 is 0 Å². The first-order chi connectivity index (χ1) is 8.24. The van der Waals surface area contributed by atoms with Crippen molar-refractivity contribution < 1.29 is 45.8 Å². The van der Waals surface area contributed by atoms with Crippen molar-refractivity contribution in [2.24, 2.45) is 0 Å². The van der Waals surface area contributed by atoms with Crippen LogP contribution in [0.3, 0.4) is 0 Å². The van der Waals surface area contributed by atoms with E-state index in [0.29, 0.717) is 0 Å². The smallest absolute Gasteiger partial charge is 0.230 e. The summed E-state index contributed by atoms with van der Waals surface area (Å²) in [4.78, 5) is 0.